The van der Waals surface area contributed by atoms with Gasteiger partial charge in [-0.3, -0.25) is 0 Å². The van der Waals surface area contributed by atoms with Crippen LogP contribution in [0.3, 0.4) is 0 Å². The maximum Gasteiger partial charge on any atom is 0.153 e. The van der Waals surface area contributed by atoms with Crippen LogP contribution >= 0.6 is 0 Å². The lowest BCUT2D eigenvalue weighted by molar-refractivity contribution is 0.472. The van der Waals surface area contributed by atoms with Gasteiger partial charge in [-0.25, -0.2) is 0 Å². The number of para-hydroxylation sites is 2. The van der Waals surface area contributed by atoms with Gasteiger partial charge in [0.25, 0.3) is 0 Å². The third-order valence-corrected chi connectivity index (χ3v) is 8.30. The molecule has 2 heterocycles. The van der Waals surface area contributed by atoms with Crippen molar-refractivity contribution in [3.8, 4) is 22.6 Å². The molecule has 0 N–H and O–H groups in total. The number of fused-ring (bicyclic) bond motifs is 9. The van der Waals surface area contributed by atoms with Crippen molar-refractivity contribution in [2.24, 2.45) is 0 Å². The van der Waals surface area contributed by atoms with E-state index in [0.717, 1.165) is 0 Å². The molecule has 0 unspecified atom stereocenters. The molecule has 0 bridgehead atoms. The van der Waals surface area contributed by atoms with Crippen molar-refractivity contribution in [3.63, 3.8) is 0 Å². The summed E-state index contributed by atoms with van der Waals surface area (Å²) in [5.74, 6) is -2.39. The Bertz CT molecular complexity index is 4230. The van der Waals surface area contributed by atoms with Crippen LogP contribution in [0.1, 0.15) is 99.0 Å². The van der Waals surface area contributed by atoms with Gasteiger partial charge in [0, 0.05) is 50.1 Å². The summed E-state index contributed by atoms with van der Waals surface area (Å²) in [5, 5.41) is -1.58. The normalized spacial score (nSPS) is 26.9. The van der Waals surface area contributed by atoms with E-state index < -0.39 is 273 Å². The van der Waals surface area contributed by atoms with Gasteiger partial charge < -0.3 is 14.5 Å². The highest BCUT2D eigenvalue weighted by Crippen LogP contribution is 2.62. The molecular weight excluding hydrogens is 597 g/mol. The lowest BCUT2D eigenvalue weighted by Crippen LogP contribution is -2.32. The van der Waals surface area contributed by atoms with Crippen molar-refractivity contribution in [3.05, 3.63) is 167 Å². The van der Waals surface area contributed by atoms with E-state index in [0.29, 0.717) is 4.90 Å². The Labute approximate surface area is 338 Å². The zero-order valence-corrected chi connectivity index (χ0v) is 24.3. The highest BCUT2D eigenvalue weighted by Gasteiger charge is 2.43. The van der Waals surface area contributed by atoms with Crippen LogP contribution < -0.4 is 14.5 Å². The number of hydrogen-bond donors (Lipinski definition) is 0. The van der Waals surface area contributed by atoms with E-state index in [9.17, 15) is 23.3 Å². The van der Waals surface area contributed by atoms with Crippen LogP contribution in [0.5, 0.6) is 11.5 Å². The molecular formula is C46H36N2O. The molecule has 0 aromatic heterocycles. The molecule has 3 aliphatic rings. The summed E-state index contributed by atoms with van der Waals surface area (Å²) in [5.41, 5.74) is -23.4. The molecule has 7 aromatic carbocycles. The lowest BCUT2D eigenvalue weighted by atomic mass is 9.72. The Kier molecular flexibility index (Phi) is 1.99. The second kappa shape index (κ2) is 9.87. The standard InChI is InChI=1S/C46H36N2O/c1-45(2)36-19-11-10-18-34(36)35-24-23-31(26-38(35)45)47(30-15-6-5-7-16-30)32-27-39-44-42(28-32)49-41-25-22-29-14-8-9-17-33(29)43(41)48(44)40-21-13-12-20-37(40)46(39,3)4/h5-28H,1-4H3/i1D3,2D3,3D3,4D3,5D,6D,7D,8D,9D,10D,11D,12D,13D,14D,15D,16D,17D,18D,19D,20D,21D,22D,23D,24D,25D,26D,27D,28D. The Hall–Kier alpha value is -5.80. The molecule has 0 saturated carbocycles. The summed E-state index contributed by atoms with van der Waals surface area (Å²) < 4.78 is 336. The molecule has 0 amide bonds. The number of benzene rings is 7. The van der Waals surface area contributed by atoms with Crippen LogP contribution in [-0.2, 0) is 10.8 Å². The topological polar surface area (TPSA) is 15.7 Å². The first-order chi connectivity index (χ1) is 38.8. The molecule has 0 spiro atoms. The molecule has 10 rings (SSSR count). The average molecular weight is 669 g/mol. The molecule has 49 heavy (non-hydrogen) atoms. The van der Waals surface area contributed by atoms with Crippen molar-refractivity contribution in [2.75, 3.05) is 9.80 Å². The summed E-state index contributed by atoms with van der Waals surface area (Å²) in [7, 11) is 0. The van der Waals surface area contributed by atoms with E-state index in [-0.39, 0.29) is 4.90 Å². The van der Waals surface area contributed by atoms with Gasteiger partial charge in [-0.1, -0.05) is 124 Å². The van der Waals surface area contributed by atoms with Crippen LogP contribution in [0.25, 0.3) is 21.9 Å². The Balaban J connectivity index is 1.55. The second-order valence-corrected chi connectivity index (χ2v) is 11.0. The van der Waals surface area contributed by atoms with Crippen LogP contribution in [-0.4, -0.2) is 0 Å². The highest BCUT2D eigenvalue weighted by atomic mass is 16.5. The van der Waals surface area contributed by atoms with Crippen molar-refractivity contribution in [1.29, 1.82) is 0 Å². The molecule has 1 aliphatic carbocycles. The predicted octanol–water partition coefficient (Wildman–Crippen LogP) is 12.8. The van der Waals surface area contributed by atoms with Crippen LogP contribution in [0.4, 0.5) is 34.1 Å². The van der Waals surface area contributed by atoms with Gasteiger partial charge in [-0.15, -0.1) is 0 Å². The SMILES string of the molecule is [2H]c1c([2H])c([2H])c(N(c2c([2H])c([2H])c3c(c2[2H])C(C([2H])([2H])[2H])(C([2H])([2H])[2H])c2c([2H])c([2H])c([2H])c([2H])c2-3)c2c([2H])c3c4c(c2[2H])C(C([2H])([2H])[2H])(C([2H])([2H])[2H])c2c([2H])c([2H])c([2H])c([2H])c2N4c2c(c([2H])c([2H])c4c([2H])c([2H])c([2H])c([2H])c24)O3)c([2H])c1[2H]. The number of anilines is 6. The quantitative estimate of drug-likeness (QED) is 0.186. The van der Waals surface area contributed by atoms with Crippen LogP contribution in [0, 0.1) is 0 Å². The molecule has 0 atom stereocenters. The lowest BCUT2D eigenvalue weighted by Gasteiger charge is -2.45. The average Bonchev–Trinajstić information content (AvgIpc) is 1.54. The predicted molar refractivity (Wildman–Crippen MR) is 203 cm³/mol. The number of nitrogens with zero attached hydrogens (tertiary/aromatic N) is 2. The summed E-state index contributed by atoms with van der Waals surface area (Å²) >= 11 is 0. The Morgan fingerprint density at radius 2 is 1.22 bits per heavy atom. The van der Waals surface area contributed by atoms with E-state index in [1.807, 2.05) is 0 Å². The zero-order valence-electron chi connectivity index (χ0n) is 60.3. The zero-order chi connectivity index (χ0) is 64.0. The third-order valence-electron chi connectivity index (χ3n) is 8.30. The van der Waals surface area contributed by atoms with Gasteiger partial charge in [-0.05, 0) is 81.1 Å². The van der Waals surface area contributed by atoms with Crippen molar-refractivity contribution < 1.29 is 54.1 Å². The highest BCUT2D eigenvalue weighted by molar-refractivity contribution is 6.06. The Morgan fingerprint density at radius 3 is 2.08 bits per heavy atom. The van der Waals surface area contributed by atoms with Gasteiger partial charge in [0.15, 0.2) is 11.5 Å². The summed E-state index contributed by atoms with van der Waals surface area (Å²) in [4.78, 5) is 0.588. The van der Waals surface area contributed by atoms with Crippen LogP contribution in [0.2, 0.25) is 0 Å². The molecule has 0 radical (unpaired) electrons. The van der Waals surface area contributed by atoms with Gasteiger partial charge >= 0.3 is 0 Å². The van der Waals surface area contributed by atoms with E-state index >= 15 is 0 Å². The van der Waals surface area contributed by atoms with Crippen molar-refractivity contribution in [1.82, 2.24) is 0 Å². The fraction of sp³-hybridized carbons (Fsp3) is 0.130. The number of ether oxygens (including phenoxy) is 1. The van der Waals surface area contributed by atoms with Gasteiger partial charge in [-0.2, -0.15) is 0 Å². The summed E-state index contributed by atoms with van der Waals surface area (Å²) in [6.07, 6.45) is 0. The largest absolute Gasteiger partial charge is 0.453 e. The minimum absolute atomic E-state index is 0.0453. The molecule has 0 saturated heterocycles. The fourth-order valence-corrected chi connectivity index (χ4v) is 6.20. The maximum atomic E-state index is 10.4. The van der Waals surface area contributed by atoms with Crippen molar-refractivity contribution in [2.45, 2.75) is 38.2 Å². The first-order valence-corrected chi connectivity index (χ1v) is 14.2. The molecule has 3 nitrogen and oxygen atoms in total. The fourth-order valence-electron chi connectivity index (χ4n) is 6.20. The minimum Gasteiger partial charge on any atom is -0.453 e. The first kappa shape index (κ1) is 9.89. The number of hydrogen-bond acceptors (Lipinski definition) is 3. The number of rotatable bonds is 3. The van der Waals surface area contributed by atoms with Gasteiger partial charge in [0.1, 0.15) is 0 Å². The van der Waals surface area contributed by atoms with Crippen molar-refractivity contribution >= 4 is 44.9 Å². The molecule has 236 valence electrons. The first-order valence-electron chi connectivity index (χ1n) is 32.2. The molecule has 7 aromatic rings. The molecule has 2 aliphatic heterocycles. The molecule has 3 heteroatoms. The summed E-state index contributed by atoms with van der Waals surface area (Å²) in [6.45, 7) is -16.8. The second-order valence-electron chi connectivity index (χ2n) is 11.0. The van der Waals surface area contributed by atoms with E-state index in [4.69, 9.17) is 30.8 Å². The van der Waals surface area contributed by atoms with E-state index in [2.05, 4.69) is 0 Å². The third kappa shape index (κ3) is 3.84. The van der Waals surface area contributed by atoms with Crippen LogP contribution in [0.15, 0.2) is 145 Å². The molecule has 0 fully saturated rings. The van der Waals surface area contributed by atoms with Gasteiger partial charge in [0.05, 0.1) is 55.6 Å². The maximum absolute atomic E-state index is 10.4. The smallest absolute Gasteiger partial charge is 0.153 e. The minimum atomic E-state index is -4.29. The monoisotopic (exact) mass is 669 g/mol. The summed E-state index contributed by atoms with van der Waals surface area (Å²) in [6, 6.07) is -30.8. The van der Waals surface area contributed by atoms with E-state index in [1.54, 1.807) is 0 Å². The van der Waals surface area contributed by atoms with E-state index in [1.165, 1.54) is 0 Å². The Morgan fingerprint density at radius 1 is 0.531 bits per heavy atom. The van der Waals surface area contributed by atoms with Gasteiger partial charge in [0.2, 0.25) is 0 Å².